The average Bonchev–Trinajstić information content (AvgIpc) is 3.37. The van der Waals surface area contributed by atoms with Crippen molar-refractivity contribution in [2.24, 2.45) is 0 Å². The summed E-state index contributed by atoms with van der Waals surface area (Å²) in [6.07, 6.45) is 1.38. The molecule has 150 valence electrons. The van der Waals surface area contributed by atoms with Crippen molar-refractivity contribution in [3.8, 4) is 0 Å². The topological polar surface area (TPSA) is 69.5 Å². The second kappa shape index (κ2) is 7.20. The third kappa shape index (κ3) is 3.49. The van der Waals surface area contributed by atoms with Crippen LogP contribution in [-0.2, 0) is 16.0 Å². The summed E-state index contributed by atoms with van der Waals surface area (Å²) in [5.74, 6) is -0.785. The van der Waals surface area contributed by atoms with Crippen molar-refractivity contribution < 1.29 is 18.7 Å². The fourth-order valence-corrected chi connectivity index (χ4v) is 4.00. The highest BCUT2D eigenvalue weighted by atomic mass is 19.1. The summed E-state index contributed by atoms with van der Waals surface area (Å²) in [6.45, 7) is 2.94. The number of fused-ring (bicyclic) bond motifs is 1. The van der Waals surface area contributed by atoms with Gasteiger partial charge in [0.25, 0.3) is 5.91 Å². The van der Waals surface area contributed by atoms with E-state index in [1.54, 1.807) is 22.9 Å². The number of rotatable bonds is 3. The van der Waals surface area contributed by atoms with Crippen LogP contribution >= 0.6 is 0 Å². The summed E-state index contributed by atoms with van der Waals surface area (Å²) in [6, 6.07) is 11.7. The van der Waals surface area contributed by atoms with E-state index in [9.17, 15) is 9.18 Å². The SMILES string of the molecule is O=C(c1ccc2c(c1)nnn2Cc1ccc(F)cc1)N1CCC2(CC1)OCCO2. The van der Waals surface area contributed by atoms with Crippen LogP contribution in [-0.4, -0.2) is 57.9 Å². The lowest BCUT2D eigenvalue weighted by atomic mass is 10.0. The first-order valence-electron chi connectivity index (χ1n) is 9.77. The molecule has 7 nitrogen and oxygen atoms in total. The molecule has 1 amide bonds. The molecule has 0 bridgehead atoms. The highest BCUT2D eigenvalue weighted by Gasteiger charge is 2.40. The predicted molar refractivity (Wildman–Crippen MR) is 103 cm³/mol. The number of halogens is 1. The minimum Gasteiger partial charge on any atom is -0.347 e. The summed E-state index contributed by atoms with van der Waals surface area (Å²) < 4.78 is 26.3. The van der Waals surface area contributed by atoms with Gasteiger partial charge in [-0.25, -0.2) is 9.07 Å². The quantitative estimate of drug-likeness (QED) is 0.681. The number of piperidine rings is 1. The van der Waals surface area contributed by atoms with Gasteiger partial charge < -0.3 is 14.4 Å². The van der Waals surface area contributed by atoms with Crippen molar-refractivity contribution in [2.75, 3.05) is 26.3 Å². The number of amides is 1. The van der Waals surface area contributed by atoms with Crippen LogP contribution in [0.5, 0.6) is 0 Å². The van der Waals surface area contributed by atoms with Gasteiger partial charge in [-0.15, -0.1) is 5.10 Å². The van der Waals surface area contributed by atoms with Crippen molar-refractivity contribution >= 4 is 16.9 Å². The molecule has 2 fully saturated rings. The van der Waals surface area contributed by atoms with Crippen LogP contribution in [0.25, 0.3) is 11.0 Å². The minimum absolute atomic E-state index is 0.0205. The van der Waals surface area contributed by atoms with Crippen LogP contribution in [0.1, 0.15) is 28.8 Å². The normalized spacial score (nSPS) is 18.6. The zero-order valence-electron chi connectivity index (χ0n) is 15.9. The lowest BCUT2D eigenvalue weighted by Gasteiger charge is -2.37. The Bertz CT molecular complexity index is 1030. The zero-order chi connectivity index (χ0) is 19.8. The maximum absolute atomic E-state index is 13.1. The van der Waals surface area contributed by atoms with Crippen LogP contribution in [0, 0.1) is 5.82 Å². The van der Waals surface area contributed by atoms with Crippen molar-refractivity contribution in [3.63, 3.8) is 0 Å². The molecule has 0 saturated carbocycles. The molecule has 3 aromatic rings. The lowest BCUT2D eigenvalue weighted by molar-refractivity contribution is -0.181. The van der Waals surface area contributed by atoms with Crippen LogP contribution in [0.15, 0.2) is 42.5 Å². The summed E-state index contributed by atoms with van der Waals surface area (Å²) in [7, 11) is 0. The molecule has 0 N–H and O–H groups in total. The van der Waals surface area contributed by atoms with E-state index in [2.05, 4.69) is 10.3 Å². The number of benzene rings is 2. The first-order chi connectivity index (χ1) is 14.1. The minimum atomic E-state index is -0.496. The number of hydrogen-bond donors (Lipinski definition) is 0. The second-order valence-electron chi connectivity index (χ2n) is 7.48. The number of carbonyl (C=O) groups is 1. The second-order valence-corrected chi connectivity index (χ2v) is 7.48. The van der Waals surface area contributed by atoms with Gasteiger partial charge in [0, 0.05) is 31.5 Å². The Morgan fingerprint density at radius 3 is 2.52 bits per heavy atom. The molecule has 1 spiro atoms. The maximum atomic E-state index is 13.1. The Kier molecular flexibility index (Phi) is 4.52. The summed E-state index contributed by atoms with van der Waals surface area (Å²) in [4.78, 5) is 14.8. The van der Waals surface area contributed by atoms with Crippen LogP contribution in [0.3, 0.4) is 0 Å². The number of ether oxygens (including phenoxy) is 2. The van der Waals surface area contributed by atoms with Gasteiger partial charge >= 0.3 is 0 Å². The van der Waals surface area contributed by atoms with E-state index in [1.165, 1.54) is 12.1 Å². The fraction of sp³-hybridized carbons (Fsp3) is 0.381. The summed E-state index contributed by atoms with van der Waals surface area (Å²) in [5, 5.41) is 8.40. The van der Waals surface area contributed by atoms with Gasteiger partial charge in [-0.05, 0) is 35.9 Å². The molecular formula is C21H21FN4O3. The Morgan fingerprint density at radius 2 is 1.79 bits per heavy atom. The molecule has 2 aromatic carbocycles. The number of carbonyl (C=O) groups excluding carboxylic acids is 1. The molecular weight excluding hydrogens is 375 g/mol. The van der Waals surface area contributed by atoms with E-state index in [-0.39, 0.29) is 11.7 Å². The third-order valence-corrected chi connectivity index (χ3v) is 5.63. The molecule has 29 heavy (non-hydrogen) atoms. The van der Waals surface area contributed by atoms with Gasteiger partial charge in [-0.3, -0.25) is 4.79 Å². The van der Waals surface area contributed by atoms with E-state index in [0.717, 1.165) is 11.1 Å². The van der Waals surface area contributed by atoms with Crippen LogP contribution in [0.4, 0.5) is 4.39 Å². The fourth-order valence-electron chi connectivity index (χ4n) is 4.00. The van der Waals surface area contributed by atoms with Crippen molar-refractivity contribution in [3.05, 3.63) is 59.4 Å². The monoisotopic (exact) mass is 396 g/mol. The summed E-state index contributed by atoms with van der Waals surface area (Å²) in [5.41, 5.74) is 3.01. The van der Waals surface area contributed by atoms with Gasteiger partial charge in [0.15, 0.2) is 5.79 Å². The molecule has 0 unspecified atom stereocenters. The first kappa shape index (κ1) is 18.2. The summed E-state index contributed by atoms with van der Waals surface area (Å²) >= 11 is 0. The van der Waals surface area contributed by atoms with Gasteiger partial charge in [0.2, 0.25) is 0 Å². The van der Waals surface area contributed by atoms with Gasteiger partial charge in [-0.2, -0.15) is 0 Å². The predicted octanol–water partition coefficient (Wildman–Crippen LogP) is 2.60. The van der Waals surface area contributed by atoms with Crippen LogP contribution in [0.2, 0.25) is 0 Å². The molecule has 2 aliphatic heterocycles. The number of likely N-dealkylation sites (tertiary alicyclic amines) is 1. The standard InChI is InChI=1S/C21H21FN4O3/c22-17-4-1-15(2-5-17)14-26-19-6-3-16(13-18(19)23-24-26)20(27)25-9-7-21(8-10-25)28-11-12-29-21/h1-6,13H,7-12,14H2. The van der Waals surface area contributed by atoms with E-state index in [0.29, 0.717) is 56.8 Å². The zero-order valence-corrected chi connectivity index (χ0v) is 15.9. The smallest absolute Gasteiger partial charge is 0.253 e. The molecule has 3 heterocycles. The van der Waals surface area contributed by atoms with E-state index < -0.39 is 5.79 Å². The molecule has 2 aliphatic rings. The van der Waals surface area contributed by atoms with Crippen LogP contribution < -0.4 is 0 Å². The maximum Gasteiger partial charge on any atom is 0.253 e. The van der Waals surface area contributed by atoms with Gasteiger partial charge in [0.1, 0.15) is 11.3 Å². The average molecular weight is 396 g/mol. The molecule has 0 atom stereocenters. The highest BCUT2D eigenvalue weighted by molar-refractivity contribution is 5.97. The molecule has 8 heteroatoms. The Labute approximate surface area is 167 Å². The van der Waals surface area contributed by atoms with E-state index >= 15 is 0 Å². The Balaban J connectivity index is 1.31. The van der Waals surface area contributed by atoms with E-state index in [1.807, 2.05) is 17.0 Å². The highest BCUT2D eigenvalue weighted by Crippen LogP contribution is 2.31. The molecule has 2 saturated heterocycles. The van der Waals surface area contributed by atoms with Crippen molar-refractivity contribution in [1.29, 1.82) is 0 Å². The molecule has 5 rings (SSSR count). The number of nitrogens with zero attached hydrogens (tertiary/aromatic N) is 4. The largest absolute Gasteiger partial charge is 0.347 e. The van der Waals surface area contributed by atoms with Crippen molar-refractivity contribution in [1.82, 2.24) is 19.9 Å². The number of hydrogen-bond acceptors (Lipinski definition) is 5. The third-order valence-electron chi connectivity index (χ3n) is 5.63. The number of aromatic nitrogens is 3. The van der Waals surface area contributed by atoms with E-state index in [4.69, 9.17) is 9.47 Å². The van der Waals surface area contributed by atoms with Crippen molar-refractivity contribution in [2.45, 2.75) is 25.2 Å². The Morgan fingerprint density at radius 1 is 1.07 bits per heavy atom. The lowest BCUT2D eigenvalue weighted by Crippen LogP contribution is -2.47. The molecule has 0 aliphatic carbocycles. The first-order valence-corrected chi connectivity index (χ1v) is 9.77. The molecule has 1 aromatic heterocycles. The van der Waals surface area contributed by atoms with Gasteiger partial charge in [0.05, 0.1) is 25.3 Å². The Hall–Kier alpha value is -2.84. The molecule has 0 radical (unpaired) electrons. The van der Waals surface area contributed by atoms with Gasteiger partial charge in [-0.1, -0.05) is 17.3 Å².